The highest BCUT2D eigenvalue weighted by molar-refractivity contribution is 6.69. The van der Waals surface area contributed by atoms with Crippen molar-refractivity contribution >= 4 is 137 Å². The Kier molecular flexibility index (Phi) is 8.22. The van der Waals surface area contributed by atoms with E-state index in [4.69, 9.17) is 74.3 Å². The Balaban J connectivity index is 1.25. The summed E-state index contributed by atoms with van der Waals surface area (Å²) in [6.07, 6.45) is 0. The Hall–Kier alpha value is -6.40. The first-order valence-corrected chi connectivity index (χ1v) is 18.2. The molecule has 3 aromatic heterocycles. The van der Waals surface area contributed by atoms with Gasteiger partial charge in [-0.05, 0) is 29.3 Å². The maximum atomic E-state index is 6.90. The average Bonchev–Trinajstić information content (AvgIpc) is 3.81. The number of fused-ring (bicyclic) bond motifs is 6. The van der Waals surface area contributed by atoms with Crippen molar-refractivity contribution in [3.63, 3.8) is 0 Å². The van der Waals surface area contributed by atoms with Crippen LogP contribution in [0.1, 0.15) is 0 Å². The summed E-state index contributed by atoms with van der Waals surface area (Å²) in [7, 11) is 47.0. The first-order chi connectivity index (χ1) is 27.7. The summed E-state index contributed by atoms with van der Waals surface area (Å²) in [5.74, 6) is 1.62. The molecule has 7 aromatic carbocycles. The molecule has 0 saturated carbocycles. The average molecular weight is 709 g/mol. The summed E-state index contributed by atoms with van der Waals surface area (Å²) in [6, 6.07) is 41.1. The van der Waals surface area contributed by atoms with Crippen LogP contribution in [0.3, 0.4) is 0 Å². The van der Waals surface area contributed by atoms with Crippen molar-refractivity contribution in [2.24, 2.45) is 0 Å². The van der Waals surface area contributed by atoms with Gasteiger partial charge >= 0.3 is 0 Å². The maximum Gasteiger partial charge on any atom is 0.164 e. The van der Waals surface area contributed by atoms with Crippen molar-refractivity contribution in [2.45, 2.75) is 0 Å². The molecule has 0 aliphatic heterocycles. The summed E-state index contributed by atoms with van der Waals surface area (Å²) in [5, 5.41) is 2.87. The molecule has 0 fully saturated rings. The van der Waals surface area contributed by atoms with E-state index >= 15 is 0 Å². The van der Waals surface area contributed by atoms with E-state index < -0.39 is 0 Å². The topological polar surface area (TPSA) is 56.7 Å². The first kappa shape index (κ1) is 35.0. The van der Waals surface area contributed by atoms with Crippen molar-refractivity contribution in [1.82, 2.24) is 19.5 Å². The fraction of sp³-hybridized carbons (Fsp3) is 0. The van der Waals surface area contributed by atoms with E-state index in [1.165, 1.54) is 0 Å². The molecule has 10 aromatic rings. The molecule has 3 heterocycles. The number of hydrogen-bond acceptors (Lipinski definition) is 4. The largest absolute Gasteiger partial charge is 0.456 e. The van der Waals surface area contributed by atoms with Gasteiger partial charge in [-0.25, -0.2) is 15.0 Å². The molecular weight excluding hydrogens is 688 g/mol. The van der Waals surface area contributed by atoms with Crippen LogP contribution >= 0.6 is 0 Å². The third kappa shape index (κ3) is 5.38. The zero-order valence-electron chi connectivity index (χ0n) is 30.4. The monoisotopic (exact) mass is 710 g/mol. The lowest BCUT2D eigenvalue weighted by molar-refractivity contribution is 0.668. The van der Waals surface area contributed by atoms with E-state index in [0.29, 0.717) is 67.2 Å². The van der Waals surface area contributed by atoms with E-state index in [1.807, 2.05) is 132 Å². The molecular formula is C45H21B7N4O. The molecule has 57 heavy (non-hydrogen) atoms. The van der Waals surface area contributed by atoms with Crippen molar-refractivity contribution in [1.29, 1.82) is 0 Å². The lowest BCUT2D eigenvalue weighted by Crippen LogP contribution is -2.48. The fourth-order valence-electron chi connectivity index (χ4n) is 7.91. The van der Waals surface area contributed by atoms with E-state index in [1.54, 1.807) is 0 Å². The normalized spacial score (nSPS) is 11.6. The third-order valence-electron chi connectivity index (χ3n) is 10.7. The van der Waals surface area contributed by atoms with Crippen LogP contribution in [0.25, 0.3) is 94.7 Å². The molecule has 0 bridgehead atoms. The number of hydrogen-bond donors (Lipinski definition) is 0. The molecule has 0 aliphatic rings. The summed E-state index contributed by atoms with van der Waals surface area (Å²) < 4.78 is 8.51. The predicted molar refractivity (Wildman–Crippen MR) is 241 cm³/mol. The van der Waals surface area contributed by atoms with Crippen LogP contribution in [-0.2, 0) is 0 Å². The zero-order chi connectivity index (χ0) is 39.1. The Morgan fingerprint density at radius 3 is 1.54 bits per heavy atom. The van der Waals surface area contributed by atoms with Gasteiger partial charge in [0, 0.05) is 61.0 Å². The predicted octanol–water partition coefficient (Wildman–Crippen LogP) is 3.09. The second-order valence-electron chi connectivity index (χ2n) is 13.9. The van der Waals surface area contributed by atoms with Gasteiger partial charge in [0.2, 0.25) is 0 Å². The highest BCUT2D eigenvalue weighted by Gasteiger charge is 2.25. The Morgan fingerprint density at radius 1 is 0.404 bits per heavy atom. The van der Waals surface area contributed by atoms with Crippen molar-refractivity contribution in [3.05, 3.63) is 127 Å². The van der Waals surface area contributed by atoms with Gasteiger partial charge in [-0.3, -0.25) is 0 Å². The molecule has 0 N–H and O–H groups in total. The summed E-state index contributed by atoms with van der Waals surface area (Å²) in [6.45, 7) is 0. The molecule has 0 unspecified atom stereocenters. The highest BCUT2D eigenvalue weighted by Crippen LogP contribution is 2.39. The van der Waals surface area contributed by atoms with Gasteiger partial charge in [0.05, 0.1) is 0 Å². The molecule has 10 rings (SSSR count). The van der Waals surface area contributed by atoms with Crippen LogP contribution in [-0.4, -0.2) is 74.4 Å². The van der Waals surface area contributed by atoms with E-state index in [0.717, 1.165) is 33.0 Å². The van der Waals surface area contributed by atoms with E-state index in [2.05, 4.69) is 0 Å². The number of aromatic nitrogens is 4. The van der Waals surface area contributed by atoms with Crippen LogP contribution in [0.5, 0.6) is 0 Å². The molecule has 5 nitrogen and oxygen atoms in total. The Labute approximate surface area is 337 Å². The maximum absolute atomic E-state index is 6.90. The number of furan rings is 1. The third-order valence-corrected chi connectivity index (χ3v) is 10.7. The second-order valence-corrected chi connectivity index (χ2v) is 13.9. The molecule has 0 amide bonds. The standard InChI is InChI=1S/C45H21B7N4O/c46-34-30(22-11-4-1-5-12-22)32-33-35(47)36(48)38(50)40(52)42(33)56(41(32)39(51)37(34)49)25-19-20-26-29(21-25)57-28-18-10-17-27(31(26)28)45-54-43(23-13-6-2-7-14-23)53-44(55-45)24-15-8-3-9-16-24/h1-21H. The summed E-state index contributed by atoms with van der Waals surface area (Å²) in [4.78, 5) is 14.9. The van der Waals surface area contributed by atoms with Crippen LogP contribution in [0, 0.1) is 0 Å². The second kappa shape index (κ2) is 13.4. The zero-order valence-corrected chi connectivity index (χ0v) is 30.4. The number of rotatable bonds is 5. The van der Waals surface area contributed by atoms with Crippen molar-refractivity contribution in [3.8, 4) is 51.0 Å². The molecule has 0 atom stereocenters. The molecule has 0 spiro atoms. The van der Waals surface area contributed by atoms with Crippen LogP contribution in [0.2, 0.25) is 0 Å². The molecule has 0 aliphatic carbocycles. The van der Waals surface area contributed by atoms with Gasteiger partial charge in [0.1, 0.15) is 66.1 Å². The SMILES string of the molecule is [B]c1c([B])c([B])c2c(c1[B])c1c(-c3ccccc3)c([B])c([B])c([B])c1n2-c1ccc2c(c1)oc1cccc(-c3nc(-c4ccccc4)nc(-c4ccccc4)n3)c12. The fourth-order valence-corrected chi connectivity index (χ4v) is 7.91. The van der Waals surface area contributed by atoms with Gasteiger partial charge in [-0.2, -0.15) is 0 Å². The minimum atomic E-state index is 0.154. The van der Waals surface area contributed by atoms with Gasteiger partial charge in [0.25, 0.3) is 0 Å². The highest BCUT2D eigenvalue weighted by atomic mass is 16.3. The van der Waals surface area contributed by atoms with E-state index in [9.17, 15) is 0 Å². The van der Waals surface area contributed by atoms with Crippen LogP contribution < -0.4 is 38.2 Å². The Morgan fingerprint density at radius 2 is 0.930 bits per heavy atom. The van der Waals surface area contributed by atoms with E-state index in [-0.39, 0.29) is 32.8 Å². The molecule has 12 heteroatoms. The number of benzene rings is 7. The van der Waals surface area contributed by atoms with Gasteiger partial charge in [-0.15, -0.1) is 16.4 Å². The quantitative estimate of drug-likeness (QED) is 0.258. The van der Waals surface area contributed by atoms with Crippen molar-refractivity contribution in [2.75, 3.05) is 0 Å². The van der Waals surface area contributed by atoms with Gasteiger partial charge in [0.15, 0.2) is 17.5 Å². The van der Waals surface area contributed by atoms with Gasteiger partial charge < -0.3 is 8.98 Å². The van der Waals surface area contributed by atoms with Crippen LogP contribution in [0.4, 0.5) is 0 Å². The van der Waals surface area contributed by atoms with Crippen LogP contribution in [0.15, 0.2) is 132 Å². The lowest BCUT2D eigenvalue weighted by Gasteiger charge is -2.18. The Bertz CT molecular complexity index is 3200. The summed E-state index contributed by atoms with van der Waals surface area (Å²) >= 11 is 0. The van der Waals surface area contributed by atoms with Crippen molar-refractivity contribution < 1.29 is 4.42 Å². The first-order valence-electron chi connectivity index (χ1n) is 18.2. The number of nitrogens with zero attached hydrogens (tertiary/aromatic N) is 4. The smallest absolute Gasteiger partial charge is 0.164 e. The van der Waals surface area contributed by atoms with Gasteiger partial charge in [-0.1, -0.05) is 125 Å². The molecule has 248 valence electrons. The lowest BCUT2D eigenvalue weighted by atomic mass is 9.64. The minimum absolute atomic E-state index is 0.154. The minimum Gasteiger partial charge on any atom is -0.456 e. The summed E-state index contributed by atoms with van der Waals surface area (Å²) in [5.41, 5.74) is 8.51. The molecule has 14 radical (unpaired) electrons. The molecule has 0 saturated heterocycles.